The van der Waals surface area contributed by atoms with E-state index in [4.69, 9.17) is 9.47 Å². The highest BCUT2D eigenvalue weighted by atomic mass is 32.2. The second kappa shape index (κ2) is 7.59. The predicted octanol–water partition coefficient (Wildman–Crippen LogP) is 1.24. The monoisotopic (exact) mass is 287 g/mol. The third-order valence-corrected chi connectivity index (χ3v) is 4.21. The first-order valence-electron chi connectivity index (χ1n) is 6.11. The predicted molar refractivity (Wildman–Crippen MR) is 73.8 cm³/mol. The number of rotatable bonds is 8. The molecule has 0 atom stereocenters. The summed E-state index contributed by atoms with van der Waals surface area (Å²) in [5.74, 6) is 0. The number of benzene rings is 1. The fraction of sp³-hybridized carbons (Fsp3) is 0.538. The standard InChI is InChI=1S/C13H21NO4S/c1-11-4-5-12(2)13(10-11)19(15,16)14-6-7-18-9-8-17-3/h4-5,10,14H,6-9H2,1-3H3. The molecule has 0 aliphatic rings. The van der Waals surface area contributed by atoms with E-state index in [1.165, 1.54) is 0 Å². The van der Waals surface area contributed by atoms with Crippen molar-refractivity contribution < 1.29 is 17.9 Å². The fourth-order valence-electron chi connectivity index (χ4n) is 1.57. The molecule has 1 aromatic rings. The van der Waals surface area contributed by atoms with E-state index in [-0.39, 0.29) is 6.54 Å². The molecule has 0 spiro atoms. The first-order chi connectivity index (χ1) is 8.97. The van der Waals surface area contributed by atoms with Gasteiger partial charge in [-0.05, 0) is 31.0 Å². The van der Waals surface area contributed by atoms with Gasteiger partial charge in [0.2, 0.25) is 10.0 Å². The Kier molecular flexibility index (Phi) is 6.44. The third-order valence-electron chi connectivity index (χ3n) is 2.60. The molecule has 0 amide bonds. The van der Waals surface area contributed by atoms with Gasteiger partial charge in [-0.2, -0.15) is 0 Å². The molecule has 0 saturated heterocycles. The van der Waals surface area contributed by atoms with Crippen molar-refractivity contribution in [2.75, 3.05) is 33.5 Å². The Hall–Kier alpha value is -0.950. The molecule has 5 nitrogen and oxygen atoms in total. The number of ether oxygens (including phenoxy) is 2. The molecule has 0 saturated carbocycles. The lowest BCUT2D eigenvalue weighted by Crippen LogP contribution is -2.28. The van der Waals surface area contributed by atoms with Gasteiger partial charge in [0.1, 0.15) is 0 Å². The van der Waals surface area contributed by atoms with Gasteiger partial charge in [-0.15, -0.1) is 0 Å². The van der Waals surface area contributed by atoms with E-state index in [2.05, 4.69) is 4.72 Å². The van der Waals surface area contributed by atoms with Crippen LogP contribution in [0.1, 0.15) is 11.1 Å². The average molecular weight is 287 g/mol. The zero-order valence-corrected chi connectivity index (χ0v) is 12.4. The molecule has 1 rings (SSSR count). The maximum atomic E-state index is 12.1. The van der Waals surface area contributed by atoms with E-state index >= 15 is 0 Å². The SMILES string of the molecule is COCCOCCNS(=O)(=O)c1cc(C)ccc1C. The maximum absolute atomic E-state index is 12.1. The molecule has 0 aliphatic heterocycles. The minimum absolute atomic E-state index is 0.249. The molecular weight excluding hydrogens is 266 g/mol. The van der Waals surface area contributed by atoms with Crippen molar-refractivity contribution in [1.29, 1.82) is 0 Å². The lowest BCUT2D eigenvalue weighted by atomic mass is 10.2. The van der Waals surface area contributed by atoms with Crippen molar-refractivity contribution in [3.05, 3.63) is 29.3 Å². The van der Waals surface area contributed by atoms with Crippen molar-refractivity contribution in [3.8, 4) is 0 Å². The lowest BCUT2D eigenvalue weighted by Gasteiger charge is -2.10. The summed E-state index contributed by atoms with van der Waals surface area (Å²) in [6.45, 7) is 5.19. The van der Waals surface area contributed by atoms with Gasteiger partial charge in [0.25, 0.3) is 0 Å². The smallest absolute Gasteiger partial charge is 0.240 e. The van der Waals surface area contributed by atoms with Gasteiger partial charge in [0.05, 0.1) is 24.7 Å². The Morgan fingerprint density at radius 1 is 1.16 bits per heavy atom. The minimum Gasteiger partial charge on any atom is -0.382 e. The topological polar surface area (TPSA) is 64.6 Å². The van der Waals surface area contributed by atoms with Crippen LogP contribution in [0.5, 0.6) is 0 Å². The van der Waals surface area contributed by atoms with E-state index in [9.17, 15) is 8.42 Å². The molecule has 0 radical (unpaired) electrons. The summed E-state index contributed by atoms with van der Waals surface area (Å²) >= 11 is 0. The van der Waals surface area contributed by atoms with E-state index < -0.39 is 10.0 Å². The summed E-state index contributed by atoms with van der Waals surface area (Å²) in [6.07, 6.45) is 0. The van der Waals surface area contributed by atoms with Gasteiger partial charge in [0, 0.05) is 13.7 Å². The van der Waals surface area contributed by atoms with Crippen LogP contribution < -0.4 is 4.72 Å². The molecule has 0 aliphatic carbocycles. The fourth-order valence-corrected chi connectivity index (χ4v) is 2.91. The van der Waals surface area contributed by atoms with Crippen molar-refractivity contribution in [3.63, 3.8) is 0 Å². The van der Waals surface area contributed by atoms with Crippen molar-refractivity contribution in [2.24, 2.45) is 0 Å². The van der Waals surface area contributed by atoms with Crippen LogP contribution in [-0.4, -0.2) is 41.9 Å². The Morgan fingerprint density at radius 2 is 1.89 bits per heavy atom. The van der Waals surface area contributed by atoms with Crippen LogP contribution in [-0.2, 0) is 19.5 Å². The van der Waals surface area contributed by atoms with Crippen molar-refractivity contribution in [1.82, 2.24) is 4.72 Å². The Morgan fingerprint density at radius 3 is 2.58 bits per heavy atom. The Balaban J connectivity index is 2.54. The van der Waals surface area contributed by atoms with E-state index in [1.54, 1.807) is 26.2 Å². The van der Waals surface area contributed by atoms with Gasteiger partial charge in [-0.1, -0.05) is 12.1 Å². The number of hydrogen-bond acceptors (Lipinski definition) is 4. The van der Waals surface area contributed by atoms with Gasteiger partial charge in [-0.25, -0.2) is 13.1 Å². The highest BCUT2D eigenvalue weighted by molar-refractivity contribution is 7.89. The van der Waals surface area contributed by atoms with Gasteiger partial charge in [-0.3, -0.25) is 0 Å². The van der Waals surface area contributed by atoms with Crippen LogP contribution in [0.25, 0.3) is 0 Å². The molecule has 0 unspecified atom stereocenters. The average Bonchev–Trinajstić information content (AvgIpc) is 2.36. The van der Waals surface area contributed by atoms with Crippen LogP contribution in [0, 0.1) is 13.8 Å². The largest absolute Gasteiger partial charge is 0.382 e. The third kappa shape index (κ3) is 5.28. The molecule has 1 aromatic carbocycles. The van der Waals surface area contributed by atoms with Crippen LogP contribution >= 0.6 is 0 Å². The number of aryl methyl sites for hydroxylation is 2. The first-order valence-corrected chi connectivity index (χ1v) is 7.59. The summed E-state index contributed by atoms with van der Waals surface area (Å²) in [5, 5.41) is 0. The summed E-state index contributed by atoms with van der Waals surface area (Å²) in [5.41, 5.74) is 1.65. The van der Waals surface area contributed by atoms with Gasteiger partial charge in [0.15, 0.2) is 0 Å². The van der Waals surface area contributed by atoms with Crippen molar-refractivity contribution in [2.45, 2.75) is 18.7 Å². The van der Waals surface area contributed by atoms with Crippen LogP contribution in [0.15, 0.2) is 23.1 Å². The van der Waals surface area contributed by atoms with Crippen LogP contribution in [0.4, 0.5) is 0 Å². The second-order valence-corrected chi connectivity index (χ2v) is 6.01. The van der Waals surface area contributed by atoms with Crippen molar-refractivity contribution >= 4 is 10.0 Å². The molecule has 108 valence electrons. The molecule has 0 fully saturated rings. The number of hydrogen-bond donors (Lipinski definition) is 1. The van der Waals surface area contributed by atoms with E-state index in [0.717, 1.165) is 11.1 Å². The second-order valence-electron chi connectivity index (χ2n) is 4.27. The lowest BCUT2D eigenvalue weighted by molar-refractivity contribution is 0.0736. The van der Waals surface area contributed by atoms with E-state index in [0.29, 0.717) is 24.7 Å². The molecular formula is C13H21NO4S. The summed E-state index contributed by atoms with van der Waals surface area (Å²) in [6, 6.07) is 5.37. The van der Waals surface area contributed by atoms with Crippen LogP contribution in [0.2, 0.25) is 0 Å². The maximum Gasteiger partial charge on any atom is 0.240 e. The Labute approximate surface area is 115 Å². The van der Waals surface area contributed by atoms with E-state index in [1.807, 2.05) is 13.0 Å². The minimum atomic E-state index is -3.47. The zero-order chi connectivity index (χ0) is 14.3. The Bertz CT molecular complexity index is 499. The number of sulfonamides is 1. The number of nitrogens with one attached hydrogen (secondary N) is 1. The first kappa shape index (κ1) is 16.1. The number of methoxy groups -OCH3 is 1. The molecule has 1 N–H and O–H groups in total. The summed E-state index contributed by atoms with van der Waals surface area (Å²) < 4.78 is 36.8. The highest BCUT2D eigenvalue weighted by Crippen LogP contribution is 2.16. The molecule has 0 bridgehead atoms. The summed E-state index contributed by atoms with van der Waals surface area (Å²) in [7, 11) is -1.88. The van der Waals surface area contributed by atoms with Gasteiger partial charge >= 0.3 is 0 Å². The summed E-state index contributed by atoms with van der Waals surface area (Å²) in [4.78, 5) is 0.324. The molecule has 0 heterocycles. The normalized spacial score (nSPS) is 11.7. The quantitative estimate of drug-likeness (QED) is 0.731. The molecule has 0 aromatic heterocycles. The molecule has 19 heavy (non-hydrogen) atoms. The zero-order valence-electron chi connectivity index (χ0n) is 11.6. The molecule has 6 heteroatoms. The van der Waals surface area contributed by atoms with Gasteiger partial charge < -0.3 is 9.47 Å². The van der Waals surface area contributed by atoms with Crippen LogP contribution in [0.3, 0.4) is 0 Å². The highest BCUT2D eigenvalue weighted by Gasteiger charge is 2.15.